The number of benzene rings is 1. The largest absolute Gasteiger partial charge is 0.355 e. The second kappa shape index (κ2) is 8.00. The lowest BCUT2D eigenvalue weighted by Gasteiger charge is -2.17. The van der Waals surface area contributed by atoms with Crippen LogP contribution in [0.25, 0.3) is 0 Å². The number of carbonyl (C=O) groups excluding carboxylic acids is 2. The Morgan fingerprint density at radius 3 is 2.92 bits per heavy atom. The number of carbonyl (C=O) groups is 2. The first-order valence-electron chi connectivity index (χ1n) is 8.75. The van der Waals surface area contributed by atoms with Crippen molar-refractivity contribution in [1.82, 2.24) is 5.32 Å². The van der Waals surface area contributed by atoms with Gasteiger partial charge < -0.3 is 10.2 Å². The van der Waals surface area contributed by atoms with Crippen molar-refractivity contribution < 1.29 is 14.0 Å². The van der Waals surface area contributed by atoms with Gasteiger partial charge in [0, 0.05) is 25.2 Å². The monoisotopic (exact) mass is 364 g/mol. The highest BCUT2D eigenvalue weighted by Gasteiger charge is 2.35. The summed E-state index contributed by atoms with van der Waals surface area (Å²) in [5.41, 5.74) is 1.94. The highest BCUT2D eigenvalue weighted by Crippen LogP contribution is 2.28. The second-order valence-corrected chi connectivity index (χ2v) is 7.06. The molecule has 1 aliphatic carbocycles. The zero-order chi connectivity index (χ0) is 17.8. The third-order valence-corrected chi connectivity index (χ3v) is 5.13. The molecule has 4 nitrogen and oxygen atoms in total. The minimum Gasteiger partial charge on any atom is -0.355 e. The molecule has 3 rings (SSSR count). The van der Waals surface area contributed by atoms with Gasteiger partial charge >= 0.3 is 0 Å². The maximum absolute atomic E-state index is 13.3. The van der Waals surface area contributed by atoms with E-state index in [1.807, 2.05) is 0 Å². The van der Waals surface area contributed by atoms with Gasteiger partial charge in [-0.3, -0.25) is 9.59 Å². The van der Waals surface area contributed by atoms with E-state index in [1.165, 1.54) is 41.5 Å². The lowest BCUT2D eigenvalue weighted by Crippen LogP contribution is -2.33. The summed E-state index contributed by atoms with van der Waals surface area (Å²) in [5, 5.41) is 2.91. The summed E-state index contributed by atoms with van der Waals surface area (Å²) in [5.74, 6) is -1.14. The lowest BCUT2D eigenvalue weighted by molar-refractivity contribution is -0.126. The van der Waals surface area contributed by atoms with Crippen LogP contribution in [0.2, 0.25) is 5.02 Å². The van der Waals surface area contributed by atoms with E-state index >= 15 is 0 Å². The van der Waals surface area contributed by atoms with Crippen LogP contribution in [0.15, 0.2) is 29.8 Å². The molecule has 0 radical (unpaired) electrons. The highest BCUT2D eigenvalue weighted by atomic mass is 35.5. The van der Waals surface area contributed by atoms with Gasteiger partial charge in [0.2, 0.25) is 11.8 Å². The highest BCUT2D eigenvalue weighted by molar-refractivity contribution is 6.31. The molecule has 0 bridgehead atoms. The van der Waals surface area contributed by atoms with Gasteiger partial charge in [0.05, 0.1) is 10.9 Å². The molecular weight excluding hydrogens is 343 g/mol. The Labute approximate surface area is 152 Å². The van der Waals surface area contributed by atoms with E-state index < -0.39 is 5.82 Å². The number of nitrogens with zero attached hydrogens (tertiary/aromatic N) is 1. The van der Waals surface area contributed by atoms with Gasteiger partial charge in [0.1, 0.15) is 5.82 Å². The molecule has 1 N–H and O–H groups in total. The fourth-order valence-electron chi connectivity index (χ4n) is 3.41. The van der Waals surface area contributed by atoms with Crippen LogP contribution < -0.4 is 10.2 Å². The summed E-state index contributed by atoms with van der Waals surface area (Å²) in [6, 6.07) is 4.16. The van der Waals surface area contributed by atoms with Crippen LogP contribution in [-0.4, -0.2) is 24.9 Å². The Bertz CT molecular complexity index is 705. The van der Waals surface area contributed by atoms with Gasteiger partial charge in [0.15, 0.2) is 0 Å². The predicted molar refractivity (Wildman–Crippen MR) is 96.0 cm³/mol. The van der Waals surface area contributed by atoms with Gasteiger partial charge in [-0.2, -0.15) is 0 Å². The zero-order valence-electron chi connectivity index (χ0n) is 14.1. The Kier molecular flexibility index (Phi) is 5.74. The van der Waals surface area contributed by atoms with Crippen molar-refractivity contribution >= 4 is 29.1 Å². The number of hydrogen-bond acceptors (Lipinski definition) is 2. The van der Waals surface area contributed by atoms with E-state index in [1.54, 1.807) is 0 Å². The SMILES string of the molecule is O=C(NCCC1=CCCCC1)C1CC(=O)N(c2ccc(F)c(Cl)c2)C1. The van der Waals surface area contributed by atoms with E-state index in [0.717, 1.165) is 19.3 Å². The fraction of sp³-hybridized carbons (Fsp3) is 0.474. The van der Waals surface area contributed by atoms with Crippen molar-refractivity contribution in [3.8, 4) is 0 Å². The maximum atomic E-state index is 13.3. The number of rotatable bonds is 5. The van der Waals surface area contributed by atoms with Crippen molar-refractivity contribution in [3.63, 3.8) is 0 Å². The Morgan fingerprint density at radius 2 is 2.20 bits per heavy atom. The molecule has 1 unspecified atom stereocenters. The molecular formula is C19H22ClFN2O2. The van der Waals surface area contributed by atoms with Crippen LogP contribution in [-0.2, 0) is 9.59 Å². The van der Waals surface area contributed by atoms with Crippen molar-refractivity contribution in [2.24, 2.45) is 5.92 Å². The minimum atomic E-state index is -0.525. The first-order chi connectivity index (χ1) is 12.0. The molecule has 1 aliphatic heterocycles. The number of anilines is 1. The molecule has 0 saturated carbocycles. The molecule has 1 atom stereocenters. The standard InChI is InChI=1S/C19H22ClFN2O2/c20-16-11-15(6-7-17(16)21)23-12-14(10-18(23)24)19(25)22-9-8-13-4-2-1-3-5-13/h4,6-7,11,14H,1-3,5,8-10,12H2,(H,22,25). The fourth-order valence-corrected chi connectivity index (χ4v) is 3.58. The van der Waals surface area contributed by atoms with E-state index in [4.69, 9.17) is 11.6 Å². The van der Waals surface area contributed by atoms with E-state index in [9.17, 15) is 14.0 Å². The molecule has 1 fully saturated rings. The predicted octanol–water partition coefficient (Wildman–Crippen LogP) is 3.84. The summed E-state index contributed by atoms with van der Waals surface area (Å²) >= 11 is 5.78. The lowest BCUT2D eigenvalue weighted by atomic mass is 9.97. The van der Waals surface area contributed by atoms with Gasteiger partial charge in [-0.25, -0.2) is 4.39 Å². The zero-order valence-corrected chi connectivity index (χ0v) is 14.8. The van der Waals surface area contributed by atoms with Crippen molar-refractivity contribution in [1.29, 1.82) is 0 Å². The maximum Gasteiger partial charge on any atom is 0.227 e. The van der Waals surface area contributed by atoms with Crippen LogP contribution >= 0.6 is 11.6 Å². The van der Waals surface area contributed by atoms with Gasteiger partial charge in [-0.15, -0.1) is 0 Å². The third kappa shape index (κ3) is 4.40. The normalized spacial score (nSPS) is 20.6. The molecule has 2 aliphatic rings. The molecule has 1 saturated heterocycles. The molecule has 1 aromatic carbocycles. The quantitative estimate of drug-likeness (QED) is 0.807. The first kappa shape index (κ1) is 17.9. The van der Waals surface area contributed by atoms with Gasteiger partial charge in [-0.1, -0.05) is 23.3 Å². The van der Waals surface area contributed by atoms with Crippen molar-refractivity contribution in [3.05, 3.63) is 40.7 Å². The topological polar surface area (TPSA) is 49.4 Å². The number of nitrogens with one attached hydrogen (secondary N) is 1. The number of halogens is 2. The number of amides is 2. The Balaban J connectivity index is 1.53. The number of hydrogen-bond donors (Lipinski definition) is 1. The summed E-state index contributed by atoms with van der Waals surface area (Å²) in [6.45, 7) is 0.910. The van der Waals surface area contributed by atoms with Crippen molar-refractivity contribution in [2.45, 2.75) is 38.5 Å². The van der Waals surface area contributed by atoms with Crippen LogP contribution in [0, 0.1) is 11.7 Å². The Hall–Kier alpha value is -1.88. The molecule has 0 spiro atoms. The summed E-state index contributed by atoms with van der Waals surface area (Å²) in [7, 11) is 0. The van der Waals surface area contributed by atoms with E-state index in [-0.39, 0.29) is 29.2 Å². The summed E-state index contributed by atoms with van der Waals surface area (Å²) < 4.78 is 13.3. The number of allylic oxidation sites excluding steroid dienone is 1. The van der Waals surface area contributed by atoms with Crippen LogP contribution in [0.4, 0.5) is 10.1 Å². The van der Waals surface area contributed by atoms with Crippen LogP contribution in [0.3, 0.4) is 0 Å². The molecule has 1 aromatic rings. The summed E-state index contributed by atoms with van der Waals surface area (Å²) in [4.78, 5) is 26.0. The van der Waals surface area contributed by atoms with Gasteiger partial charge in [-0.05, 0) is 50.3 Å². The molecule has 25 heavy (non-hydrogen) atoms. The minimum absolute atomic E-state index is 0.0287. The second-order valence-electron chi connectivity index (χ2n) is 6.65. The molecule has 6 heteroatoms. The van der Waals surface area contributed by atoms with Crippen molar-refractivity contribution in [2.75, 3.05) is 18.0 Å². The van der Waals surface area contributed by atoms with Crippen LogP contribution in [0.5, 0.6) is 0 Å². The average Bonchev–Trinajstić information content (AvgIpc) is 3.00. The molecule has 0 aromatic heterocycles. The van der Waals surface area contributed by atoms with E-state index in [0.29, 0.717) is 18.8 Å². The Morgan fingerprint density at radius 1 is 1.36 bits per heavy atom. The molecule has 1 heterocycles. The van der Waals surface area contributed by atoms with E-state index in [2.05, 4.69) is 11.4 Å². The van der Waals surface area contributed by atoms with Crippen LogP contribution in [0.1, 0.15) is 38.5 Å². The van der Waals surface area contributed by atoms with Gasteiger partial charge in [0.25, 0.3) is 0 Å². The molecule has 2 amide bonds. The summed E-state index contributed by atoms with van der Waals surface area (Å²) in [6.07, 6.45) is 8.06. The average molecular weight is 365 g/mol. The molecule has 134 valence electrons. The first-order valence-corrected chi connectivity index (χ1v) is 9.13. The third-order valence-electron chi connectivity index (χ3n) is 4.84. The smallest absolute Gasteiger partial charge is 0.227 e.